The number of hydrogen-bond acceptors (Lipinski definition) is 4. The summed E-state index contributed by atoms with van der Waals surface area (Å²) in [5.74, 6) is 0. The number of carbonyl (C=O) groups excluding carboxylic acids is 1. The Balaban J connectivity index is 1.61. The highest BCUT2D eigenvalue weighted by molar-refractivity contribution is 9.10. The van der Waals surface area contributed by atoms with Gasteiger partial charge in [0.2, 0.25) is 0 Å². The second kappa shape index (κ2) is 6.92. The molecule has 1 fully saturated rings. The molecule has 1 atom stereocenters. The summed E-state index contributed by atoms with van der Waals surface area (Å²) < 4.78 is 12.5. The maximum absolute atomic E-state index is 12.3. The highest BCUT2D eigenvalue weighted by atomic mass is 79.9. The van der Waals surface area contributed by atoms with Crippen LogP contribution in [0.3, 0.4) is 0 Å². The summed E-state index contributed by atoms with van der Waals surface area (Å²) in [6.45, 7) is 9.18. The minimum absolute atomic E-state index is 0.0104. The minimum Gasteiger partial charge on any atom is -0.444 e. The molecule has 2 aliphatic heterocycles. The molecular weight excluding hydrogens is 372 g/mol. The first-order chi connectivity index (χ1) is 11.3. The van der Waals surface area contributed by atoms with Crippen molar-refractivity contribution in [2.24, 2.45) is 0 Å². The molecule has 0 saturated carbocycles. The monoisotopic (exact) mass is 396 g/mol. The lowest BCUT2D eigenvalue weighted by Crippen LogP contribution is -2.50. The Bertz CT molecular complexity index is 615. The zero-order chi connectivity index (χ0) is 17.3. The van der Waals surface area contributed by atoms with Crippen molar-refractivity contribution in [1.29, 1.82) is 0 Å². The number of rotatable bonds is 2. The van der Waals surface area contributed by atoms with E-state index in [1.807, 2.05) is 20.8 Å². The van der Waals surface area contributed by atoms with E-state index in [2.05, 4.69) is 39.0 Å². The molecule has 132 valence electrons. The molecule has 3 rings (SSSR count). The molecule has 24 heavy (non-hydrogen) atoms. The smallest absolute Gasteiger partial charge is 0.410 e. The van der Waals surface area contributed by atoms with Gasteiger partial charge in [0.1, 0.15) is 5.60 Å². The predicted molar refractivity (Wildman–Crippen MR) is 97.6 cm³/mol. The van der Waals surface area contributed by atoms with E-state index < -0.39 is 5.60 Å². The Morgan fingerprint density at radius 1 is 1.38 bits per heavy atom. The lowest BCUT2D eigenvalue weighted by Gasteiger charge is -2.36. The second-order valence-electron chi connectivity index (χ2n) is 7.35. The average Bonchev–Trinajstić information content (AvgIpc) is 2.90. The van der Waals surface area contributed by atoms with E-state index in [9.17, 15) is 4.79 Å². The van der Waals surface area contributed by atoms with Gasteiger partial charge in [0.05, 0.1) is 19.3 Å². The van der Waals surface area contributed by atoms with Crippen LogP contribution in [0.15, 0.2) is 22.7 Å². The molecule has 0 bridgehead atoms. The van der Waals surface area contributed by atoms with Gasteiger partial charge in [-0.05, 0) is 44.9 Å². The van der Waals surface area contributed by atoms with E-state index in [1.54, 1.807) is 4.90 Å². The van der Waals surface area contributed by atoms with Crippen molar-refractivity contribution in [2.75, 3.05) is 37.7 Å². The predicted octanol–water partition coefficient (Wildman–Crippen LogP) is 3.45. The highest BCUT2D eigenvalue weighted by Crippen LogP contribution is 2.33. The fraction of sp³-hybridized carbons (Fsp3) is 0.611. The molecule has 1 amide bonds. The molecule has 2 aliphatic rings. The molecule has 1 aromatic carbocycles. The molecule has 6 heteroatoms. The average molecular weight is 397 g/mol. The van der Waals surface area contributed by atoms with Gasteiger partial charge in [0, 0.05) is 29.8 Å². The molecule has 1 aromatic rings. The molecule has 0 N–H and O–H groups in total. The quantitative estimate of drug-likeness (QED) is 0.767. The lowest BCUT2D eigenvalue weighted by atomic mass is 10.2. The summed E-state index contributed by atoms with van der Waals surface area (Å²) in [7, 11) is 0. The van der Waals surface area contributed by atoms with E-state index >= 15 is 0 Å². The third-order valence-corrected chi connectivity index (χ3v) is 5.02. The van der Waals surface area contributed by atoms with Gasteiger partial charge >= 0.3 is 6.09 Å². The Kier molecular flexibility index (Phi) is 5.06. The summed E-state index contributed by atoms with van der Waals surface area (Å²) >= 11 is 3.63. The number of ether oxygens (including phenoxy) is 2. The van der Waals surface area contributed by atoms with E-state index in [4.69, 9.17) is 9.47 Å². The zero-order valence-electron chi connectivity index (χ0n) is 14.5. The number of nitrogens with zero attached hydrogens (tertiary/aromatic N) is 2. The summed E-state index contributed by atoms with van der Waals surface area (Å²) in [5, 5.41) is 0. The van der Waals surface area contributed by atoms with Crippen molar-refractivity contribution in [2.45, 2.75) is 38.9 Å². The SMILES string of the molecule is CC(C)(C)OC(=O)N1CCOC(CN2CCc3c(Br)cccc32)C1. The number of halogens is 1. The van der Waals surface area contributed by atoms with Crippen LogP contribution in [0.5, 0.6) is 0 Å². The van der Waals surface area contributed by atoms with Gasteiger partial charge < -0.3 is 19.3 Å². The first-order valence-corrected chi connectivity index (χ1v) is 9.24. The minimum atomic E-state index is -0.467. The van der Waals surface area contributed by atoms with Crippen molar-refractivity contribution < 1.29 is 14.3 Å². The maximum atomic E-state index is 12.3. The number of anilines is 1. The van der Waals surface area contributed by atoms with Crippen LogP contribution >= 0.6 is 15.9 Å². The molecular formula is C18H25BrN2O3. The molecule has 0 spiro atoms. The third-order valence-electron chi connectivity index (χ3n) is 4.28. The van der Waals surface area contributed by atoms with E-state index in [-0.39, 0.29) is 12.2 Å². The van der Waals surface area contributed by atoms with Gasteiger partial charge in [-0.3, -0.25) is 0 Å². The maximum Gasteiger partial charge on any atom is 0.410 e. The standard InChI is InChI=1S/C18H25BrN2O3/c1-18(2,3)24-17(22)21-9-10-23-13(12-21)11-20-8-7-14-15(19)5-4-6-16(14)20/h4-6,13H,7-12H2,1-3H3. The number of carbonyl (C=O) groups is 1. The molecule has 1 unspecified atom stereocenters. The van der Waals surface area contributed by atoms with Crippen LogP contribution < -0.4 is 4.90 Å². The van der Waals surface area contributed by atoms with E-state index in [0.29, 0.717) is 19.7 Å². The van der Waals surface area contributed by atoms with Gasteiger partial charge in [-0.1, -0.05) is 22.0 Å². The Labute approximate surface area is 152 Å². The number of fused-ring (bicyclic) bond motifs is 1. The van der Waals surface area contributed by atoms with Crippen LogP contribution in [0.1, 0.15) is 26.3 Å². The molecule has 5 nitrogen and oxygen atoms in total. The second-order valence-corrected chi connectivity index (χ2v) is 8.21. The first kappa shape index (κ1) is 17.5. The van der Waals surface area contributed by atoms with Gasteiger partial charge in [-0.15, -0.1) is 0 Å². The molecule has 1 saturated heterocycles. The summed E-state index contributed by atoms with van der Waals surface area (Å²) in [4.78, 5) is 16.4. The molecule has 2 heterocycles. The van der Waals surface area contributed by atoms with Crippen LogP contribution in [0.2, 0.25) is 0 Å². The van der Waals surface area contributed by atoms with Gasteiger partial charge in [0.15, 0.2) is 0 Å². The van der Waals surface area contributed by atoms with Gasteiger partial charge in [0.25, 0.3) is 0 Å². The first-order valence-electron chi connectivity index (χ1n) is 8.45. The normalized spacial score (nSPS) is 20.9. The zero-order valence-corrected chi connectivity index (χ0v) is 16.1. The van der Waals surface area contributed by atoms with Crippen molar-refractivity contribution in [3.8, 4) is 0 Å². The summed E-state index contributed by atoms with van der Waals surface area (Å²) in [5.41, 5.74) is 2.16. The van der Waals surface area contributed by atoms with Gasteiger partial charge in [-0.2, -0.15) is 0 Å². The highest BCUT2D eigenvalue weighted by Gasteiger charge is 2.30. The molecule has 0 aliphatic carbocycles. The fourth-order valence-corrected chi connectivity index (χ4v) is 3.77. The van der Waals surface area contributed by atoms with Crippen molar-refractivity contribution in [3.63, 3.8) is 0 Å². The van der Waals surface area contributed by atoms with Crippen LogP contribution in [0.4, 0.5) is 10.5 Å². The fourth-order valence-electron chi connectivity index (χ4n) is 3.22. The Morgan fingerprint density at radius 3 is 2.92 bits per heavy atom. The number of benzene rings is 1. The Hall–Kier alpha value is -1.27. The van der Waals surface area contributed by atoms with Crippen LogP contribution in [-0.4, -0.2) is 55.5 Å². The number of amides is 1. The lowest BCUT2D eigenvalue weighted by molar-refractivity contribution is -0.0389. The largest absolute Gasteiger partial charge is 0.444 e. The topological polar surface area (TPSA) is 42.0 Å². The Morgan fingerprint density at radius 2 is 2.17 bits per heavy atom. The van der Waals surface area contributed by atoms with Crippen LogP contribution in [-0.2, 0) is 15.9 Å². The summed E-state index contributed by atoms with van der Waals surface area (Å²) in [6.07, 6.45) is 0.802. The van der Waals surface area contributed by atoms with E-state index in [0.717, 1.165) is 19.5 Å². The van der Waals surface area contributed by atoms with Crippen molar-refractivity contribution in [3.05, 3.63) is 28.2 Å². The summed E-state index contributed by atoms with van der Waals surface area (Å²) in [6, 6.07) is 6.31. The molecule has 0 radical (unpaired) electrons. The number of hydrogen-bond donors (Lipinski definition) is 0. The van der Waals surface area contributed by atoms with E-state index in [1.165, 1.54) is 15.7 Å². The van der Waals surface area contributed by atoms with Crippen LogP contribution in [0, 0.1) is 0 Å². The van der Waals surface area contributed by atoms with Crippen molar-refractivity contribution >= 4 is 27.7 Å². The number of morpholine rings is 1. The third kappa shape index (κ3) is 4.03. The van der Waals surface area contributed by atoms with Gasteiger partial charge in [-0.25, -0.2) is 4.79 Å². The van der Waals surface area contributed by atoms with Crippen LogP contribution in [0.25, 0.3) is 0 Å². The molecule has 0 aromatic heterocycles. The van der Waals surface area contributed by atoms with Crippen molar-refractivity contribution in [1.82, 2.24) is 4.90 Å².